The summed E-state index contributed by atoms with van der Waals surface area (Å²) in [6.45, 7) is 5.81. The lowest BCUT2D eigenvalue weighted by molar-refractivity contribution is 0.124. The number of benzene rings is 1. The van der Waals surface area contributed by atoms with E-state index >= 15 is 0 Å². The molecule has 0 aliphatic rings. The number of ether oxygens (including phenoxy) is 1. The van der Waals surface area contributed by atoms with Gasteiger partial charge in [0.1, 0.15) is 5.75 Å². The molecular weight excluding hydrogens is 208 g/mol. The lowest BCUT2D eigenvalue weighted by atomic mass is 10.2. The van der Waals surface area contributed by atoms with Gasteiger partial charge in [-0.1, -0.05) is 26.0 Å². The predicted octanol–water partition coefficient (Wildman–Crippen LogP) is 3.16. The largest absolute Gasteiger partial charge is 0.507 e. The van der Waals surface area contributed by atoms with Crippen molar-refractivity contribution in [2.75, 3.05) is 19.0 Å². The SMILES string of the molecule is CC(C)COCCSc1ccccc1O. The minimum absolute atomic E-state index is 0.353. The maximum atomic E-state index is 9.49. The number of aromatic hydroxyl groups is 1. The van der Waals surface area contributed by atoms with Crippen molar-refractivity contribution in [2.24, 2.45) is 5.92 Å². The minimum Gasteiger partial charge on any atom is -0.507 e. The highest BCUT2D eigenvalue weighted by atomic mass is 32.2. The number of phenolic OH excluding ortho intramolecular Hbond substituents is 1. The molecule has 0 saturated heterocycles. The molecule has 0 atom stereocenters. The van der Waals surface area contributed by atoms with Crippen molar-refractivity contribution in [3.8, 4) is 5.75 Å². The lowest BCUT2D eigenvalue weighted by Gasteiger charge is -2.07. The Morgan fingerprint density at radius 1 is 1.33 bits per heavy atom. The Kier molecular flexibility index (Phi) is 5.58. The molecule has 1 N–H and O–H groups in total. The second-order valence-corrected chi connectivity index (χ2v) is 4.92. The first kappa shape index (κ1) is 12.4. The van der Waals surface area contributed by atoms with E-state index in [0.717, 1.165) is 23.9 Å². The first-order chi connectivity index (χ1) is 7.20. The molecule has 2 nitrogen and oxygen atoms in total. The Balaban J connectivity index is 2.18. The summed E-state index contributed by atoms with van der Waals surface area (Å²) in [4.78, 5) is 0.922. The van der Waals surface area contributed by atoms with E-state index < -0.39 is 0 Å². The van der Waals surface area contributed by atoms with Gasteiger partial charge in [-0.25, -0.2) is 0 Å². The molecule has 84 valence electrons. The molecule has 0 aromatic heterocycles. The monoisotopic (exact) mass is 226 g/mol. The fraction of sp³-hybridized carbons (Fsp3) is 0.500. The summed E-state index contributed by atoms with van der Waals surface area (Å²) in [5, 5.41) is 9.49. The van der Waals surface area contributed by atoms with Gasteiger partial charge in [-0.05, 0) is 18.1 Å². The maximum absolute atomic E-state index is 9.49. The fourth-order valence-corrected chi connectivity index (χ4v) is 1.92. The molecule has 0 amide bonds. The van der Waals surface area contributed by atoms with Gasteiger partial charge in [-0.3, -0.25) is 0 Å². The van der Waals surface area contributed by atoms with Gasteiger partial charge < -0.3 is 9.84 Å². The van der Waals surface area contributed by atoms with E-state index in [1.54, 1.807) is 17.8 Å². The highest BCUT2D eigenvalue weighted by Crippen LogP contribution is 2.27. The van der Waals surface area contributed by atoms with E-state index in [-0.39, 0.29) is 0 Å². The van der Waals surface area contributed by atoms with Crippen LogP contribution in [0.1, 0.15) is 13.8 Å². The van der Waals surface area contributed by atoms with E-state index in [1.165, 1.54) is 0 Å². The van der Waals surface area contributed by atoms with Crippen LogP contribution in [0.15, 0.2) is 29.2 Å². The smallest absolute Gasteiger partial charge is 0.129 e. The van der Waals surface area contributed by atoms with Gasteiger partial charge in [0.15, 0.2) is 0 Å². The summed E-state index contributed by atoms with van der Waals surface area (Å²) in [7, 11) is 0. The molecule has 0 fully saturated rings. The molecule has 0 spiro atoms. The number of rotatable bonds is 6. The summed E-state index contributed by atoms with van der Waals surface area (Å²) in [6, 6.07) is 7.38. The van der Waals surface area contributed by atoms with E-state index in [0.29, 0.717) is 11.7 Å². The third-order valence-electron chi connectivity index (χ3n) is 1.80. The molecule has 1 aromatic rings. The molecule has 0 heterocycles. The average Bonchev–Trinajstić information content (AvgIpc) is 2.20. The van der Waals surface area contributed by atoms with Crippen LogP contribution in [-0.2, 0) is 4.74 Å². The van der Waals surface area contributed by atoms with E-state index in [4.69, 9.17) is 4.74 Å². The second-order valence-electron chi connectivity index (χ2n) is 3.78. The summed E-state index contributed by atoms with van der Waals surface area (Å²) in [6.07, 6.45) is 0. The van der Waals surface area contributed by atoms with Crippen LogP contribution in [-0.4, -0.2) is 24.1 Å². The Morgan fingerprint density at radius 2 is 2.07 bits per heavy atom. The van der Waals surface area contributed by atoms with Crippen LogP contribution in [0.25, 0.3) is 0 Å². The third-order valence-corrected chi connectivity index (χ3v) is 2.83. The van der Waals surface area contributed by atoms with Gasteiger partial charge in [0.2, 0.25) is 0 Å². The van der Waals surface area contributed by atoms with Gasteiger partial charge >= 0.3 is 0 Å². The summed E-state index contributed by atoms with van der Waals surface area (Å²) < 4.78 is 5.45. The molecular formula is C12H18O2S. The maximum Gasteiger partial charge on any atom is 0.129 e. The fourth-order valence-electron chi connectivity index (χ4n) is 1.11. The lowest BCUT2D eigenvalue weighted by Crippen LogP contribution is -2.04. The van der Waals surface area contributed by atoms with Crippen LogP contribution in [0, 0.1) is 5.92 Å². The van der Waals surface area contributed by atoms with E-state index in [1.807, 2.05) is 18.2 Å². The predicted molar refractivity (Wildman–Crippen MR) is 64.5 cm³/mol. The highest BCUT2D eigenvalue weighted by molar-refractivity contribution is 7.99. The standard InChI is InChI=1S/C12H18O2S/c1-10(2)9-14-7-8-15-12-6-4-3-5-11(12)13/h3-6,10,13H,7-9H2,1-2H3. The van der Waals surface area contributed by atoms with Gasteiger partial charge in [-0.2, -0.15) is 0 Å². The van der Waals surface area contributed by atoms with Crippen LogP contribution in [0.2, 0.25) is 0 Å². The zero-order valence-electron chi connectivity index (χ0n) is 9.27. The van der Waals surface area contributed by atoms with Gasteiger partial charge in [-0.15, -0.1) is 11.8 Å². The van der Waals surface area contributed by atoms with Crippen molar-refractivity contribution in [1.82, 2.24) is 0 Å². The molecule has 0 aliphatic carbocycles. The van der Waals surface area contributed by atoms with Gasteiger partial charge in [0.05, 0.1) is 6.61 Å². The number of para-hydroxylation sites is 1. The number of hydrogen-bond acceptors (Lipinski definition) is 3. The number of thioether (sulfide) groups is 1. The van der Waals surface area contributed by atoms with Crippen LogP contribution in [0.3, 0.4) is 0 Å². The van der Waals surface area contributed by atoms with Crippen LogP contribution >= 0.6 is 11.8 Å². The van der Waals surface area contributed by atoms with Crippen molar-refractivity contribution in [1.29, 1.82) is 0 Å². The normalized spacial score (nSPS) is 10.9. The Labute approximate surface area is 95.7 Å². The molecule has 0 saturated carbocycles. The first-order valence-electron chi connectivity index (χ1n) is 5.18. The second kappa shape index (κ2) is 6.75. The Bertz CT molecular complexity index is 287. The molecule has 1 rings (SSSR count). The third kappa shape index (κ3) is 5.09. The average molecular weight is 226 g/mol. The van der Waals surface area contributed by atoms with Crippen LogP contribution in [0.5, 0.6) is 5.75 Å². The Hall–Kier alpha value is -0.670. The van der Waals surface area contributed by atoms with Crippen molar-refractivity contribution in [2.45, 2.75) is 18.7 Å². The molecule has 0 bridgehead atoms. The Morgan fingerprint density at radius 3 is 2.73 bits per heavy atom. The number of phenols is 1. The van der Waals surface area contributed by atoms with Crippen LogP contribution in [0.4, 0.5) is 0 Å². The molecule has 1 aromatic carbocycles. The number of hydrogen-bond donors (Lipinski definition) is 1. The van der Waals surface area contributed by atoms with E-state index in [9.17, 15) is 5.11 Å². The molecule has 0 unspecified atom stereocenters. The van der Waals surface area contributed by atoms with E-state index in [2.05, 4.69) is 13.8 Å². The summed E-state index contributed by atoms with van der Waals surface area (Å²) in [5.74, 6) is 1.82. The quantitative estimate of drug-likeness (QED) is 0.597. The molecule has 3 heteroatoms. The van der Waals surface area contributed by atoms with Crippen LogP contribution < -0.4 is 0 Å². The summed E-state index contributed by atoms with van der Waals surface area (Å²) in [5.41, 5.74) is 0. The zero-order chi connectivity index (χ0) is 11.1. The van der Waals surface area contributed by atoms with Crippen molar-refractivity contribution < 1.29 is 9.84 Å². The molecule has 0 radical (unpaired) electrons. The highest BCUT2D eigenvalue weighted by Gasteiger charge is 2.00. The van der Waals surface area contributed by atoms with Gasteiger partial charge in [0, 0.05) is 17.3 Å². The van der Waals surface area contributed by atoms with Crippen molar-refractivity contribution in [3.63, 3.8) is 0 Å². The molecule has 0 aliphatic heterocycles. The van der Waals surface area contributed by atoms with Gasteiger partial charge in [0.25, 0.3) is 0 Å². The topological polar surface area (TPSA) is 29.5 Å². The van der Waals surface area contributed by atoms with Crippen molar-refractivity contribution >= 4 is 11.8 Å². The first-order valence-corrected chi connectivity index (χ1v) is 6.17. The van der Waals surface area contributed by atoms with Crippen molar-refractivity contribution in [3.05, 3.63) is 24.3 Å². The minimum atomic E-state index is 0.353. The zero-order valence-corrected chi connectivity index (χ0v) is 10.1. The molecule has 15 heavy (non-hydrogen) atoms. The summed E-state index contributed by atoms with van der Waals surface area (Å²) >= 11 is 1.62.